The lowest BCUT2D eigenvalue weighted by Gasteiger charge is -2.05. The van der Waals surface area contributed by atoms with E-state index in [0.717, 1.165) is 56.7 Å². The number of hydrogen-bond donors (Lipinski definition) is 0. The van der Waals surface area contributed by atoms with Gasteiger partial charge in [0.05, 0.1) is 18.0 Å². The molecule has 0 saturated heterocycles. The van der Waals surface area contributed by atoms with Gasteiger partial charge in [-0.05, 0) is 42.7 Å². The number of benzene rings is 2. The molecule has 7 heteroatoms. The van der Waals surface area contributed by atoms with Crippen LogP contribution in [0.25, 0.3) is 0 Å². The Balaban J connectivity index is 2.01. The van der Waals surface area contributed by atoms with Crippen LogP contribution < -0.4 is 0 Å². The number of hydrogen-bond acceptors (Lipinski definition) is 2. The molecule has 0 radical (unpaired) electrons. The molecule has 0 atom stereocenters. The zero-order valence-corrected chi connectivity index (χ0v) is 15.5. The SMILES string of the molecule is CCCCCCCc1cc(F)c(C=NN=Cc2cc(F)c(F)c(F)c2)c(F)c1. The van der Waals surface area contributed by atoms with Gasteiger partial charge >= 0.3 is 0 Å². The molecule has 0 bridgehead atoms. The number of unbranched alkanes of at least 4 members (excludes halogenated alkanes) is 4. The van der Waals surface area contributed by atoms with Gasteiger partial charge in [0.15, 0.2) is 17.5 Å². The summed E-state index contributed by atoms with van der Waals surface area (Å²) in [6, 6.07) is 3.99. The second-order valence-electron chi connectivity index (χ2n) is 6.43. The van der Waals surface area contributed by atoms with E-state index in [1.54, 1.807) is 0 Å². The first-order valence-electron chi connectivity index (χ1n) is 9.11. The fourth-order valence-corrected chi connectivity index (χ4v) is 2.68. The van der Waals surface area contributed by atoms with Gasteiger partial charge in [-0.15, -0.1) is 0 Å². The lowest BCUT2D eigenvalue weighted by atomic mass is 10.0. The van der Waals surface area contributed by atoms with Crippen molar-refractivity contribution < 1.29 is 22.0 Å². The highest BCUT2D eigenvalue weighted by atomic mass is 19.2. The minimum atomic E-state index is -1.59. The van der Waals surface area contributed by atoms with Crippen molar-refractivity contribution in [3.63, 3.8) is 0 Å². The van der Waals surface area contributed by atoms with E-state index in [4.69, 9.17) is 0 Å². The first-order chi connectivity index (χ1) is 13.4. The predicted molar refractivity (Wildman–Crippen MR) is 100 cm³/mol. The van der Waals surface area contributed by atoms with Gasteiger partial charge in [0.25, 0.3) is 0 Å². The van der Waals surface area contributed by atoms with Gasteiger partial charge in [-0.25, -0.2) is 22.0 Å². The summed E-state index contributed by atoms with van der Waals surface area (Å²) in [4.78, 5) is 0. The van der Waals surface area contributed by atoms with Crippen molar-refractivity contribution in [3.8, 4) is 0 Å². The molecule has 0 saturated carbocycles. The van der Waals surface area contributed by atoms with Crippen LogP contribution in [0.5, 0.6) is 0 Å². The van der Waals surface area contributed by atoms with E-state index in [-0.39, 0.29) is 11.1 Å². The fourth-order valence-electron chi connectivity index (χ4n) is 2.68. The Bertz CT molecular complexity index is 816. The molecule has 0 spiro atoms. The van der Waals surface area contributed by atoms with Crippen LogP contribution >= 0.6 is 0 Å². The zero-order valence-electron chi connectivity index (χ0n) is 15.5. The first kappa shape index (κ1) is 21.7. The lowest BCUT2D eigenvalue weighted by molar-refractivity contribution is 0.447. The first-order valence-corrected chi connectivity index (χ1v) is 9.11. The molecule has 0 aliphatic carbocycles. The van der Waals surface area contributed by atoms with Crippen LogP contribution in [0, 0.1) is 29.1 Å². The largest absolute Gasteiger partial charge is 0.206 e. The summed E-state index contributed by atoms with van der Waals surface area (Å²) in [6.45, 7) is 2.12. The molecule has 2 nitrogen and oxygen atoms in total. The van der Waals surface area contributed by atoms with Gasteiger partial charge in [-0.3, -0.25) is 0 Å². The van der Waals surface area contributed by atoms with Gasteiger partial charge in [0, 0.05) is 5.56 Å². The van der Waals surface area contributed by atoms with Crippen molar-refractivity contribution in [2.75, 3.05) is 0 Å². The third-order valence-electron chi connectivity index (χ3n) is 4.17. The maximum atomic E-state index is 14.1. The molecule has 2 aromatic rings. The molecule has 28 heavy (non-hydrogen) atoms. The summed E-state index contributed by atoms with van der Waals surface area (Å²) in [5, 5.41) is 6.98. The monoisotopic (exact) mass is 396 g/mol. The number of halogens is 5. The Morgan fingerprint density at radius 2 is 1.29 bits per heavy atom. The van der Waals surface area contributed by atoms with Gasteiger partial charge in [0.1, 0.15) is 11.6 Å². The molecule has 2 aromatic carbocycles. The molecule has 0 aliphatic rings. The minimum absolute atomic E-state index is 0.0760. The second-order valence-corrected chi connectivity index (χ2v) is 6.43. The van der Waals surface area contributed by atoms with Crippen LogP contribution in [0.1, 0.15) is 55.7 Å². The third kappa shape index (κ3) is 6.25. The number of nitrogens with zero attached hydrogens (tertiary/aromatic N) is 2. The van der Waals surface area contributed by atoms with E-state index in [1.807, 2.05) is 0 Å². The molecule has 0 unspecified atom stereocenters. The summed E-state index contributed by atoms with van der Waals surface area (Å²) < 4.78 is 67.3. The maximum absolute atomic E-state index is 14.1. The normalized spacial score (nSPS) is 11.8. The Kier molecular flexibility index (Phi) is 8.29. The average Bonchev–Trinajstić information content (AvgIpc) is 2.64. The number of rotatable bonds is 9. The van der Waals surface area contributed by atoms with Gasteiger partial charge < -0.3 is 0 Å². The summed E-state index contributed by atoms with van der Waals surface area (Å²) >= 11 is 0. The molecule has 2 rings (SSSR count). The molecule has 0 amide bonds. The number of aryl methyl sites for hydroxylation is 1. The van der Waals surface area contributed by atoms with Crippen molar-refractivity contribution >= 4 is 12.4 Å². The van der Waals surface area contributed by atoms with Crippen LogP contribution in [0.4, 0.5) is 22.0 Å². The Hall–Kier alpha value is -2.57. The topological polar surface area (TPSA) is 24.7 Å². The third-order valence-corrected chi connectivity index (χ3v) is 4.17. The maximum Gasteiger partial charge on any atom is 0.194 e. The highest BCUT2D eigenvalue weighted by molar-refractivity contribution is 5.83. The van der Waals surface area contributed by atoms with E-state index in [0.29, 0.717) is 12.0 Å². The quantitative estimate of drug-likeness (QED) is 0.155. The van der Waals surface area contributed by atoms with E-state index in [2.05, 4.69) is 17.1 Å². The van der Waals surface area contributed by atoms with E-state index in [9.17, 15) is 22.0 Å². The standard InChI is InChI=1S/C21H21F5N2/c1-2-3-4-5-6-7-14-8-17(22)16(18(23)9-14)13-28-27-12-15-10-19(24)21(26)20(25)11-15/h8-13H,2-7H2,1H3. The average molecular weight is 396 g/mol. The van der Waals surface area contributed by atoms with Crippen molar-refractivity contribution in [2.24, 2.45) is 10.2 Å². The fraction of sp³-hybridized carbons (Fsp3) is 0.333. The van der Waals surface area contributed by atoms with Crippen LogP contribution in [-0.4, -0.2) is 12.4 Å². The van der Waals surface area contributed by atoms with Crippen LogP contribution in [0.3, 0.4) is 0 Å². The van der Waals surface area contributed by atoms with E-state index in [1.165, 1.54) is 12.1 Å². The Morgan fingerprint density at radius 1 is 0.714 bits per heavy atom. The molecule has 0 aromatic heterocycles. The van der Waals surface area contributed by atoms with Crippen molar-refractivity contribution in [2.45, 2.75) is 45.4 Å². The van der Waals surface area contributed by atoms with Crippen molar-refractivity contribution in [3.05, 3.63) is 70.0 Å². The summed E-state index contributed by atoms with van der Waals surface area (Å²) in [7, 11) is 0. The molecule has 0 heterocycles. The summed E-state index contributed by atoms with van der Waals surface area (Å²) in [5.41, 5.74) is 0.140. The molecule has 150 valence electrons. The van der Waals surface area contributed by atoms with Crippen molar-refractivity contribution in [1.82, 2.24) is 0 Å². The highest BCUT2D eigenvalue weighted by Gasteiger charge is 2.10. The zero-order chi connectivity index (χ0) is 20.5. The second kappa shape index (κ2) is 10.7. The molecular formula is C21H21F5N2. The predicted octanol–water partition coefficient (Wildman–Crippen LogP) is 6.35. The lowest BCUT2D eigenvalue weighted by Crippen LogP contribution is -1.98. The van der Waals surface area contributed by atoms with E-state index >= 15 is 0 Å². The summed E-state index contributed by atoms with van der Waals surface area (Å²) in [5.74, 6) is -5.85. The van der Waals surface area contributed by atoms with Crippen LogP contribution in [0.2, 0.25) is 0 Å². The van der Waals surface area contributed by atoms with E-state index < -0.39 is 29.1 Å². The molecule has 0 aliphatic heterocycles. The van der Waals surface area contributed by atoms with Crippen molar-refractivity contribution in [1.29, 1.82) is 0 Å². The van der Waals surface area contributed by atoms with Crippen LogP contribution in [0.15, 0.2) is 34.5 Å². The van der Waals surface area contributed by atoms with Gasteiger partial charge in [0.2, 0.25) is 0 Å². The van der Waals surface area contributed by atoms with Crippen LogP contribution in [-0.2, 0) is 6.42 Å². The molecule has 0 fully saturated rings. The summed E-state index contributed by atoms with van der Waals surface area (Å²) in [6.07, 6.45) is 7.67. The Morgan fingerprint density at radius 3 is 1.89 bits per heavy atom. The smallest absolute Gasteiger partial charge is 0.194 e. The molecular weight excluding hydrogens is 375 g/mol. The molecule has 0 N–H and O–H groups in total. The minimum Gasteiger partial charge on any atom is -0.206 e. The Labute approximate surface area is 160 Å². The van der Waals surface area contributed by atoms with Gasteiger partial charge in [-0.2, -0.15) is 10.2 Å². The highest BCUT2D eigenvalue weighted by Crippen LogP contribution is 2.17. The van der Waals surface area contributed by atoms with Gasteiger partial charge in [-0.1, -0.05) is 32.6 Å².